The Balaban J connectivity index is 1.18. The molecular formula is C23H27N3O3. The van der Waals surface area contributed by atoms with Gasteiger partial charge in [-0.15, -0.1) is 0 Å². The van der Waals surface area contributed by atoms with Gasteiger partial charge in [0.25, 0.3) is 5.91 Å². The Morgan fingerprint density at radius 3 is 2.59 bits per heavy atom. The standard InChI is InChI=1S/C23H27N3O3/c27-23(22-16-28-20-6-1-2-7-21(20)29-22)24-18-4-3-5-19(14-18)26-12-10-25(11-13-26)15-17-8-9-17/h1-7,14,17,22H,8-13,15-16H2,(H,24,27). The minimum atomic E-state index is -0.653. The lowest BCUT2D eigenvalue weighted by molar-refractivity contribution is -0.125. The zero-order valence-electron chi connectivity index (χ0n) is 16.5. The summed E-state index contributed by atoms with van der Waals surface area (Å²) in [5, 5.41) is 2.98. The van der Waals surface area contributed by atoms with E-state index in [2.05, 4.69) is 21.2 Å². The molecule has 0 bridgehead atoms. The number of carbonyl (C=O) groups excluding carboxylic acids is 1. The highest BCUT2D eigenvalue weighted by Crippen LogP contribution is 2.32. The second-order valence-electron chi connectivity index (χ2n) is 8.13. The molecule has 1 saturated heterocycles. The Morgan fingerprint density at radius 2 is 1.79 bits per heavy atom. The molecule has 2 aliphatic heterocycles. The maximum absolute atomic E-state index is 12.7. The molecule has 0 spiro atoms. The summed E-state index contributed by atoms with van der Waals surface area (Å²) in [6.45, 7) is 5.75. The molecule has 1 N–H and O–H groups in total. The highest BCUT2D eigenvalue weighted by Gasteiger charge is 2.28. The predicted molar refractivity (Wildman–Crippen MR) is 113 cm³/mol. The Bertz CT molecular complexity index is 875. The summed E-state index contributed by atoms with van der Waals surface area (Å²) in [4.78, 5) is 17.7. The number of ether oxygens (including phenoxy) is 2. The summed E-state index contributed by atoms with van der Waals surface area (Å²) in [7, 11) is 0. The van der Waals surface area contributed by atoms with Crippen molar-refractivity contribution >= 4 is 17.3 Å². The molecule has 6 heteroatoms. The van der Waals surface area contributed by atoms with E-state index in [1.807, 2.05) is 42.5 Å². The average molecular weight is 393 g/mol. The number of piperazine rings is 1. The minimum absolute atomic E-state index is 0.189. The molecule has 2 aromatic rings. The molecule has 6 nitrogen and oxygen atoms in total. The van der Waals surface area contributed by atoms with Gasteiger partial charge in [0.1, 0.15) is 6.61 Å². The molecule has 1 aliphatic carbocycles. The van der Waals surface area contributed by atoms with Crippen molar-refractivity contribution in [2.75, 3.05) is 49.5 Å². The molecule has 1 saturated carbocycles. The van der Waals surface area contributed by atoms with E-state index in [0.29, 0.717) is 11.5 Å². The minimum Gasteiger partial charge on any atom is -0.485 e. The van der Waals surface area contributed by atoms with Gasteiger partial charge in [-0.25, -0.2) is 0 Å². The Kier molecular flexibility index (Phi) is 5.02. The third-order valence-electron chi connectivity index (χ3n) is 5.87. The Labute approximate surface area is 171 Å². The first kappa shape index (κ1) is 18.3. The fourth-order valence-corrected chi connectivity index (χ4v) is 4.01. The molecule has 29 heavy (non-hydrogen) atoms. The number of rotatable bonds is 5. The van der Waals surface area contributed by atoms with Crippen molar-refractivity contribution < 1.29 is 14.3 Å². The lowest BCUT2D eigenvalue weighted by Gasteiger charge is -2.36. The summed E-state index contributed by atoms with van der Waals surface area (Å²) < 4.78 is 11.5. The molecule has 0 radical (unpaired) electrons. The van der Waals surface area contributed by atoms with Crippen LogP contribution >= 0.6 is 0 Å². The summed E-state index contributed by atoms with van der Waals surface area (Å²) >= 11 is 0. The molecule has 1 amide bonds. The van der Waals surface area contributed by atoms with Gasteiger partial charge < -0.3 is 19.7 Å². The monoisotopic (exact) mass is 393 g/mol. The smallest absolute Gasteiger partial charge is 0.269 e. The van der Waals surface area contributed by atoms with Crippen LogP contribution in [-0.2, 0) is 4.79 Å². The summed E-state index contributed by atoms with van der Waals surface area (Å²) in [5.74, 6) is 2.04. The van der Waals surface area contributed by atoms with Crippen LogP contribution in [0.5, 0.6) is 11.5 Å². The number of carbonyl (C=O) groups is 1. The van der Waals surface area contributed by atoms with E-state index in [1.165, 1.54) is 19.4 Å². The molecule has 2 fully saturated rings. The Morgan fingerprint density at radius 1 is 1.00 bits per heavy atom. The van der Waals surface area contributed by atoms with Crippen LogP contribution in [0, 0.1) is 5.92 Å². The van der Waals surface area contributed by atoms with Gasteiger partial charge in [-0.1, -0.05) is 18.2 Å². The number of amides is 1. The van der Waals surface area contributed by atoms with Crippen LogP contribution in [0.4, 0.5) is 11.4 Å². The zero-order valence-corrected chi connectivity index (χ0v) is 16.5. The third-order valence-corrected chi connectivity index (χ3v) is 5.87. The van der Waals surface area contributed by atoms with E-state index in [4.69, 9.17) is 9.47 Å². The highest BCUT2D eigenvalue weighted by atomic mass is 16.6. The number of hydrogen-bond donors (Lipinski definition) is 1. The number of anilines is 2. The second-order valence-corrected chi connectivity index (χ2v) is 8.13. The molecular weight excluding hydrogens is 366 g/mol. The van der Waals surface area contributed by atoms with Crippen LogP contribution in [0.25, 0.3) is 0 Å². The number of para-hydroxylation sites is 2. The van der Waals surface area contributed by atoms with E-state index >= 15 is 0 Å². The van der Waals surface area contributed by atoms with E-state index < -0.39 is 6.10 Å². The van der Waals surface area contributed by atoms with Gasteiger partial charge in [-0.3, -0.25) is 9.69 Å². The molecule has 2 heterocycles. The normalized spacial score (nSPS) is 21.7. The van der Waals surface area contributed by atoms with E-state index in [0.717, 1.165) is 43.5 Å². The fraction of sp³-hybridized carbons (Fsp3) is 0.435. The summed E-state index contributed by atoms with van der Waals surface area (Å²) in [6, 6.07) is 15.5. The van der Waals surface area contributed by atoms with Crippen LogP contribution in [0.15, 0.2) is 48.5 Å². The van der Waals surface area contributed by atoms with E-state index in [9.17, 15) is 4.79 Å². The van der Waals surface area contributed by atoms with Crippen LogP contribution < -0.4 is 19.7 Å². The van der Waals surface area contributed by atoms with Crippen LogP contribution in [-0.4, -0.2) is 56.2 Å². The number of nitrogens with one attached hydrogen (secondary N) is 1. The van der Waals surface area contributed by atoms with Crippen LogP contribution in [0.2, 0.25) is 0 Å². The molecule has 152 valence electrons. The quantitative estimate of drug-likeness (QED) is 0.846. The molecule has 5 rings (SSSR count). The van der Waals surface area contributed by atoms with Gasteiger partial charge in [0.2, 0.25) is 6.10 Å². The van der Waals surface area contributed by atoms with Gasteiger partial charge >= 0.3 is 0 Å². The van der Waals surface area contributed by atoms with Crippen molar-refractivity contribution in [2.45, 2.75) is 18.9 Å². The van der Waals surface area contributed by atoms with Crippen molar-refractivity contribution in [1.82, 2.24) is 4.90 Å². The van der Waals surface area contributed by atoms with Gasteiger partial charge in [-0.05, 0) is 49.1 Å². The summed E-state index contributed by atoms with van der Waals surface area (Å²) in [6.07, 6.45) is 2.16. The maximum Gasteiger partial charge on any atom is 0.269 e. The van der Waals surface area contributed by atoms with Crippen molar-refractivity contribution in [2.24, 2.45) is 5.92 Å². The third kappa shape index (κ3) is 4.32. The van der Waals surface area contributed by atoms with E-state index in [-0.39, 0.29) is 12.5 Å². The number of benzene rings is 2. The molecule has 1 unspecified atom stereocenters. The van der Waals surface area contributed by atoms with E-state index in [1.54, 1.807) is 0 Å². The molecule has 0 aromatic heterocycles. The van der Waals surface area contributed by atoms with Crippen LogP contribution in [0.1, 0.15) is 12.8 Å². The first-order valence-electron chi connectivity index (χ1n) is 10.5. The first-order chi connectivity index (χ1) is 14.2. The second kappa shape index (κ2) is 7.95. The first-order valence-corrected chi connectivity index (χ1v) is 10.5. The average Bonchev–Trinajstić information content (AvgIpc) is 3.58. The SMILES string of the molecule is O=C(Nc1cccc(N2CCN(CC3CC3)CC2)c1)C1COc2ccccc2O1. The summed E-state index contributed by atoms with van der Waals surface area (Å²) in [5.41, 5.74) is 1.94. The molecule has 3 aliphatic rings. The lowest BCUT2D eigenvalue weighted by Crippen LogP contribution is -2.47. The zero-order chi connectivity index (χ0) is 19.6. The largest absolute Gasteiger partial charge is 0.485 e. The van der Waals surface area contributed by atoms with Gasteiger partial charge in [0.15, 0.2) is 11.5 Å². The molecule has 1 atom stereocenters. The van der Waals surface area contributed by atoms with Gasteiger partial charge in [0, 0.05) is 44.1 Å². The van der Waals surface area contributed by atoms with Gasteiger partial charge in [-0.2, -0.15) is 0 Å². The topological polar surface area (TPSA) is 54.0 Å². The fourth-order valence-electron chi connectivity index (χ4n) is 4.01. The highest BCUT2D eigenvalue weighted by molar-refractivity contribution is 5.95. The number of hydrogen-bond acceptors (Lipinski definition) is 5. The number of fused-ring (bicyclic) bond motifs is 1. The van der Waals surface area contributed by atoms with Crippen LogP contribution in [0.3, 0.4) is 0 Å². The van der Waals surface area contributed by atoms with Gasteiger partial charge in [0.05, 0.1) is 0 Å². The predicted octanol–water partition coefficient (Wildman–Crippen LogP) is 3.00. The lowest BCUT2D eigenvalue weighted by atomic mass is 10.2. The van der Waals surface area contributed by atoms with Crippen molar-refractivity contribution in [3.8, 4) is 11.5 Å². The molecule has 2 aromatic carbocycles. The van der Waals surface area contributed by atoms with Crippen molar-refractivity contribution in [3.05, 3.63) is 48.5 Å². The van der Waals surface area contributed by atoms with Crippen molar-refractivity contribution in [1.29, 1.82) is 0 Å². The van der Waals surface area contributed by atoms with Crippen molar-refractivity contribution in [3.63, 3.8) is 0 Å². The number of nitrogens with zero attached hydrogens (tertiary/aromatic N) is 2. The Hall–Kier alpha value is -2.73. The maximum atomic E-state index is 12.7.